The predicted molar refractivity (Wildman–Crippen MR) is 126 cm³/mol. The molecule has 0 atom stereocenters. The van der Waals surface area contributed by atoms with Crippen LogP contribution < -0.4 is 11.6 Å². The van der Waals surface area contributed by atoms with E-state index in [2.05, 4.69) is 31.1 Å². The number of hydrogen-bond donors (Lipinski definition) is 3. The van der Waals surface area contributed by atoms with Crippen LogP contribution in [-0.2, 0) is 12.1 Å². The van der Waals surface area contributed by atoms with Gasteiger partial charge in [0.15, 0.2) is 0 Å². The Balaban J connectivity index is 1.54. The van der Waals surface area contributed by atoms with Gasteiger partial charge >= 0.3 is 0 Å². The van der Waals surface area contributed by atoms with Gasteiger partial charge in [0, 0.05) is 5.56 Å². The molecule has 9 nitrogen and oxygen atoms in total. The van der Waals surface area contributed by atoms with Crippen molar-refractivity contribution in [3.05, 3.63) is 71.2 Å². The van der Waals surface area contributed by atoms with E-state index in [1.54, 1.807) is 24.3 Å². The average Bonchev–Trinajstić information content (AvgIpc) is 3.29. The summed E-state index contributed by atoms with van der Waals surface area (Å²) in [5.41, 5.74) is 9.00. The van der Waals surface area contributed by atoms with Gasteiger partial charge < -0.3 is 16.7 Å². The Labute approximate surface area is 191 Å². The Morgan fingerprint density at radius 1 is 1.12 bits per heavy atom. The normalized spacial score (nSPS) is 15.6. The van der Waals surface area contributed by atoms with E-state index < -0.39 is 5.60 Å². The van der Waals surface area contributed by atoms with Crippen LogP contribution in [0.3, 0.4) is 0 Å². The van der Waals surface area contributed by atoms with Crippen LogP contribution in [0, 0.1) is 11.3 Å². The number of anilines is 1. The lowest BCUT2D eigenvalue weighted by Gasteiger charge is -2.21. The molecule has 0 aliphatic heterocycles. The average molecular weight is 441 g/mol. The van der Waals surface area contributed by atoms with E-state index in [1.165, 1.54) is 6.21 Å². The summed E-state index contributed by atoms with van der Waals surface area (Å²) in [5, 5.41) is 23.7. The number of aliphatic imine (C=N–C) groups is 1. The van der Waals surface area contributed by atoms with E-state index in [4.69, 9.17) is 16.8 Å². The molecule has 3 aromatic rings. The van der Waals surface area contributed by atoms with Gasteiger partial charge in [-0.2, -0.15) is 10.4 Å². The van der Waals surface area contributed by atoms with Crippen molar-refractivity contribution >= 4 is 17.9 Å². The Bertz CT molecular complexity index is 1260. The molecule has 2 heterocycles. The van der Waals surface area contributed by atoms with E-state index >= 15 is 0 Å². The molecule has 33 heavy (non-hydrogen) atoms. The van der Waals surface area contributed by atoms with E-state index in [-0.39, 0.29) is 5.95 Å². The quantitative estimate of drug-likeness (QED) is 0.302. The fraction of sp³-hybridized carbons (Fsp3) is 0.250. The van der Waals surface area contributed by atoms with Crippen molar-refractivity contribution in [2.75, 3.05) is 5.73 Å². The monoisotopic (exact) mass is 440 g/mol. The molecule has 9 heteroatoms. The molecule has 4 rings (SSSR count). The van der Waals surface area contributed by atoms with Crippen molar-refractivity contribution in [2.24, 2.45) is 15.9 Å². The van der Waals surface area contributed by atoms with Gasteiger partial charge in [-0.3, -0.25) is 9.98 Å². The maximum absolute atomic E-state index is 10.8. The standard InChI is InChI=1S/C24H24N8O/c25-13-16-5-3-6-17(11-16)19-12-20(31-23(26)30-19)21(32-27)15-28-14-18-7-4-8-22(29-18)24(33)9-1-2-10-24/h3-8,11-12,15,33H,1-2,9-10,14,27H2,(H2,26,30,31). The molecule has 0 bridgehead atoms. The minimum atomic E-state index is -0.846. The maximum atomic E-state index is 10.8. The van der Waals surface area contributed by atoms with E-state index in [0.717, 1.165) is 36.9 Å². The minimum absolute atomic E-state index is 0.0542. The van der Waals surface area contributed by atoms with Crippen LogP contribution in [0.4, 0.5) is 5.95 Å². The minimum Gasteiger partial charge on any atom is -0.384 e. The highest BCUT2D eigenvalue weighted by molar-refractivity contribution is 6.37. The molecule has 1 saturated carbocycles. The molecule has 1 aliphatic rings. The molecule has 5 N–H and O–H groups in total. The molecule has 1 fully saturated rings. The summed E-state index contributed by atoms with van der Waals surface area (Å²) >= 11 is 0. The Kier molecular flexibility index (Phi) is 6.38. The molecule has 2 aromatic heterocycles. The van der Waals surface area contributed by atoms with Crippen molar-refractivity contribution in [3.8, 4) is 17.3 Å². The zero-order valence-electron chi connectivity index (χ0n) is 18.0. The van der Waals surface area contributed by atoms with Crippen molar-refractivity contribution in [1.82, 2.24) is 15.0 Å². The van der Waals surface area contributed by atoms with Crippen molar-refractivity contribution < 1.29 is 5.11 Å². The molecule has 0 unspecified atom stereocenters. The molecule has 166 valence electrons. The zero-order valence-corrected chi connectivity index (χ0v) is 18.0. The third-order valence-corrected chi connectivity index (χ3v) is 5.61. The second-order valence-corrected chi connectivity index (χ2v) is 7.93. The third kappa shape index (κ3) is 5.02. The summed E-state index contributed by atoms with van der Waals surface area (Å²) in [6.45, 7) is 0.292. The van der Waals surface area contributed by atoms with E-state index in [9.17, 15) is 5.11 Å². The predicted octanol–water partition coefficient (Wildman–Crippen LogP) is 2.69. The zero-order chi connectivity index (χ0) is 23.3. The van der Waals surface area contributed by atoms with E-state index in [0.29, 0.717) is 34.9 Å². The van der Waals surface area contributed by atoms with Gasteiger partial charge in [0.05, 0.1) is 47.2 Å². The van der Waals surface area contributed by atoms with Gasteiger partial charge in [-0.1, -0.05) is 31.0 Å². The van der Waals surface area contributed by atoms with Gasteiger partial charge in [0.1, 0.15) is 11.3 Å². The fourth-order valence-electron chi connectivity index (χ4n) is 3.93. The highest BCUT2D eigenvalue weighted by Gasteiger charge is 2.34. The summed E-state index contributed by atoms with van der Waals surface area (Å²) in [4.78, 5) is 17.5. The van der Waals surface area contributed by atoms with Crippen molar-refractivity contribution in [3.63, 3.8) is 0 Å². The number of hydrogen-bond acceptors (Lipinski definition) is 9. The summed E-state index contributed by atoms with van der Waals surface area (Å²) in [6, 6.07) is 16.4. The number of nitrogens with zero attached hydrogens (tertiary/aromatic N) is 6. The summed E-state index contributed by atoms with van der Waals surface area (Å²) in [5.74, 6) is 5.65. The number of rotatable bonds is 6. The van der Waals surface area contributed by atoms with Gasteiger partial charge in [0.2, 0.25) is 5.95 Å². The van der Waals surface area contributed by atoms with Crippen LogP contribution >= 0.6 is 0 Å². The summed E-state index contributed by atoms with van der Waals surface area (Å²) < 4.78 is 0. The molecule has 0 amide bonds. The second kappa shape index (κ2) is 9.54. The highest BCUT2D eigenvalue weighted by Crippen LogP contribution is 2.37. The van der Waals surface area contributed by atoms with Crippen LogP contribution in [0.25, 0.3) is 11.3 Å². The van der Waals surface area contributed by atoms with Crippen LogP contribution in [0.5, 0.6) is 0 Å². The first-order chi connectivity index (χ1) is 16.0. The maximum Gasteiger partial charge on any atom is 0.221 e. The topological polar surface area (TPSA) is 159 Å². The molecule has 0 saturated heterocycles. The number of aromatic nitrogens is 3. The smallest absolute Gasteiger partial charge is 0.221 e. The van der Waals surface area contributed by atoms with Crippen molar-refractivity contribution in [1.29, 1.82) is 5.26 Å². The lowest BCUT2D eigenvalue weighted by atomic mass is 9.97. The molecule has 0 spiro atoms. The molecule has 1 aromatic carbocycles. The molecular formula is C24H24N8O. The van der Waals surface area contributed by atoms with Crippen LogP contribution in [0.15, 0.2) is 58.6 Å². The van der Waals surface area contributed by atoms with E-state index in [1.807, 2.05) is 24.3 Å². The first-order valence-corrected chi connectivity index (χ1v) is 10.6. The van der Waals surface area contributed by atoms with Crippen LogP contribution in [0.1, 0.15) is 48.3 Å². The lowest BCUT2D eigenvalue weighted by molar-refractivity contribution is 0.0398. The lowest BCUT2D eigenvalue weighted by Crippen LogP contribution is -2.22. The first kappa shape index (κ1) is 22.0. The highest BCUT2D eigenvalue weighted by atomic mass is 16.3. The van der Waals surface area contributed by atoms with Gasteiger partial charge in [-0.15, -0.1) is 0 Å². The van der Waals surface area contributed by atoms with Crippen molar-refractivity contribution in [2.45, 2.75) is 37.8 Å². The number of nitriles is 1. The van der Waals surface area contributed by atoms with Gasteiger partial charge in [-0.25, -0.2) is 9.97 Å². The number of pyridine rings is 1. The summed E-state index contributed by atoms with van der Waals surface area (Å²) in [7, 11) is 0. The number of nitrogen functional groups attached to an aromatic ring is 1. The van der Waals surface area contributed by atoms with Crippen LogP contribution in [-0.4, -0.2) is 32.0 Å². The number of nitrogens with two attached hydrogens (primary N) is 2. The molecule has 0 radical (unpaired) electrons. The Hall–Kier alpha value is -4.16. The summed E-state index contributed by atoms with van der Waals surface area (Å²) in [6.07, 6.45) is 4.97. The molecule has 1 aliphatic carbocycles. The number of aliphatic hydroxyl groups is 1. The Morgan fingerprint density at radius 3 is 2.67 bits per heavy atom. The largest absolute Gasteiger partial charge is 0.384 e. The second-order valence-electron chi connectivity index (χ2n) is 7.93. The number of benzene rings is 1. The fourth-order valence-corrected chi connectivity index (χ4v) is 3.93. The third-order valence-electron chi connectivity index (χ3n) is 5.61. The Morgan fingerprint density at radius 2 is 1.91 bits per heavy atom. The molecular weight excluding hydrogens is 416 g/mol. The van der Waals surface area contributed by atoms with Crippen LogP contribution in [0.2, 0.25) is 0 Å². The van der Waals surface area contributed by atoms with Gasteiger partial charge in [-0.05, 0) is 43.2 Å². The van der Waals surface area contributed by atoms with Gasteiger partial charge in [0.25, 0.3) is 0 Å². The first-order valence-electron chi connectivity index (χ1n) is 10.6. The SMILES string of the molecule is N#Cc1cccc(-c2cc(C(C=NCc3cccc(C4(O)CCCC4)n3)=NN)nc(N)n2)c1. The number of hydrazone groups is 1.